The van der Waals surface area contributed by atoms with E-state index >= 15 is 0 Å². The zero-order valence-electron chi connectivity index (χ0n) is 8.05. The number of alkyl halides is 1. The smallest absolute Gasteiger partial charge is 0.255 e. The molecule has 0 aliphatic heterocycles. The number of nitrogens with zero attached hydrogens (tertiary/aromatic N) is 3. The van der Waals surface area contributed by atoms with Gasteiger partial charge in [-0.15, -0.1) is 0 Å². The average molecular weight is 284 g/mol. The van der Waals surface area contributed by atoms with E-state index in [4.69, 9.17) is 0 Å². The molecule has 1 heterocycles. The van der Waals surface area contributed by atoms with E-state index in [0.717, 1.165) is 9.15 Å². The molecular weight excluding hydrogens is 277 g/mol. The zero-order valence-corrected chi connectivity index (χ0v) is 9.63. The maximum absolute atomic E-state index is 13.6. The van der Waals surface area contributed by atoms with Crippen molar-refractivity contribution in [1.29, 1.82) is 0 Å². The lowest BCUT2D eigenvalue weighted by atomic mass is 10.1. The quantitative estimate of drug-likeness (QED) is 0.813. The highest BCUT2D eigenvalue weighted by molar-refractivity contribution is 9.10. The van der Waals surface area contributed by atoms with Crippen LogP contribution in [0.1, 0.15) is 16.7 Å². The van der Waals surface area contributed by atoms with Gasteiger partial charge in [-0.1, -0.05) is 28.1 Å². The van der Waals surface area contributed by atoms with Crippen LogP contribution in [0.4, 0.5) is 4.39 Å². The lowest BCUT2D eigenvalue weighted by Gasteiger charge is -2.06. The summed E-state index contributed by atoms with van der Waals surface area (Å²) in [6.07, 6.45) is 0.520. The Hall–Kier alpha value is -1.56. The van der Waals surface area contributed by atoms with Gasteiger partial charge in [0.05, 0.1) is 0 Å². The zero-order chi connectivity index (χ0) is 11.5. The molecular formula is C10H7BrFN3O. The molecule has 0 amide bonds. The van der Waals surface area contributed by atoms with Crippen molar-refractivity contribution in [2.45, 2.75) is 6.30 Å². The van der Waals surface area contributed by atoms with Crippen molar-refractivity contribution >= 4 is 21.7 Å². The highest BCUT2D eigenvalue weighted by Crippen LogP contribution is 2.17. The van der Waals surface area contributed by atoms with Crippen LogP contribution in [0.2, 0.25) is 0 Å². The van der Waals surface area contributed by atoms with Crippen LogP contribution in [0, 0.1) is 0 Å². The number of rotatable bonds is 3. The fourth-order valence-electron chi connectivity index (χ4n) is 1.21. The maximum Gasteiger partial charge on any atom is 0.255 e. The molecule has 0 aliphatic carbocycles. The number of halogens is 2. The van der Waals surface area contributed by atoms with Gasteiger partial charge >= 0.3 is 0 Å². The van der Waals surface area contributed by atoms with Crippen LogP contribution in [0.5, 0.6) is 0 Å². The number of Topliss-reactive ketones (excluding diaryl/α,β-unsaturated/α-hetero) is 1. The third-order valence-electron chi connectivity index (χ3n) is 2.01. The van der Waals surface area contributed by atoms with Gasteiger partial charge in [0, 0.05) is 10.0 Å². The van der Waals surface area contributed by atoms with E-state index in [1.807, 2.05) is 0 Å². The van der Waals surface area contributed by atoms with Crippen molar-refractivity contribution in [3.63, 3.8) is 0 Å². The molecule has 1 atom stereocenters. The fourth-order valence-corrected chi connectivity index (χ4v) is 1.47. The molecule has 2 aromatic rings. The first kappa shape index (κ1) is 10.9. The number of benzene rings is 1. The molecule has 6 heteroatoms. The molecule has 82 valence electrons. The summed E-state index contributed by atoms with van der Waals surface area (Å²) in [5, 5.41) is 3.58. The second kappa shape index (κ2) is 4.52. The summed E-state index contributed by atoms with van der Waals surface area (Å²) >= 11 is 3.24. The standard InChI is InChI=1S/C10H7BrFN3O/c11-8-3-1-7(2-4-8)9(16)10(12)15-6-13-5-14-15/h1-6,10H. The second-order valence-corrected chi connectivity index (χ2v) is 4.00. The molecule has 0 fully saturated rings. The molecule has 0 saturated heterocycles. The molecule has 0 spiro atoms. The number of ketones is 1. The minimum absolute atomic E-state index is 0.297. The molecule has 0 aliphatic rings. The Morgan fingerprint density at radius 2 is 2.06 bits per heavy atom. The van der Waals surface area contributed by atoms with E-state index in [1.54, 1.807) is 24.3 Å². The first-order chi connectivity index (χ1) is 7.68. The maximum atomic E-state index is 13.6. The molecule has 1 unspecified atom stereocenters. The Balaban J connectivity index is 2.22. The molecule has 0 saturated carbocycles. The van der Waals surface area contributed by atoms with Gasteiger partial charge in [0.25, 0.3) is 6.30 Å². The van der Waals surface area contributed by atoms with E-state index < -0.39 is 12.1 Å². The lowest BCUT2D eigenvalue weighted by Crippen LogP contribution is -2.15. The van der Waals surface area contributed by atoms with Crippen LogP contribution < -0.4 is 0 Å². The number of aromatic nitrogens is 3. The lowest BCUT2D eigenvalue weighted by molar-refractivity contribution is 0.0779. The first-order valence-electron chi connectivity index (χ1n) is 4.46. The summed E-state index contributed by atoms with van der Waals surface area (Å²) in [4.78, 5) is 15.3. The van der Waals surface area contributed by atoms with Gasteiger partial charge in [-0.05, 0) is 12.1 Å². The van der Waals surface area contributed by atoms with E-state index in [-0.39, 0.29) is 0 Å². The van der Waals surface area contributed by atoms with Crippen LogP contribution in [-0.4, -0.2) is 20.5 Å². The number of hydrogen-bond acceptors (Lipinski definition) is 3. The molecule has 0 radical (unpaired) electrons. The van der Waals surface area contributed by atoms with E-state index in [1.165, 1.54) is 12.7 Å². The number of carbonyl (C=O) groups excluding carboxylic acids is 1. The fraction of sp³-hybridized carbons (Fsp3) is 0.100. The Labute approximate surface area is 99.2 Å². The third-order valence-corrected chi connectivity index (χ3v) is 2.54. The topological polar surface area (TPSA) is 47.8 Å². The number of carbonyl (C=O) groups is 1. The van der Waals surface area contributed by atoms with E-state index in [9.17, 15) is 9.18 Å². The minimum atomic E-state index is -1.83. The molecule has 4 nitrogen and oxygen atoms in total. The van der Waals surface area contributed by atoms with Crippen LogP contribution in [0.15, 0.2) is 41.4 Å². The normalized spacial score (nSPS) is 12.4. The Morgan fingerprint density at radius 1 is 1.38 bits per heavy atom. The monoisotopic (exact) mass is 283 g/mol. The Bertz CT molecular complexity index is 483. The van der Waals surface area contributed by atoms with E-state index in [2.05, 4.69) is 26.0 Å². The van der Waals surface area contributed by atoms with Gasteiger partial charge in [-0.3, -0.25) is 4.79 Å². The van der Waals surface area contributed by atoms with Gasteiger partial charge in [0.2, 0.25) is 5.78 Å². The summed E-state index contributed by atoms with van der Waals surface area (Å²) in [6.45, 7) is 0. The first-order valence-corrected chi connectivity index (χ1v) is 5.26. The van der Waals surface area contributed by atoms with Crippen LogP contribution >= 0.6 is 15.9 Å². The van der Waals surface area contributed by atoms with Crippen LogP contribution in [0.3, 0.4) is 0 Å². The molecule has 0 N–H and O–H groups in total. The van der Waals surface area contributed by atoms with Crippen LogP contribution in [-0.2, 0) is 0 Å². The summed E-state index contributed by atoms with van der Waals surface area (Å²) < 4.78 is 15.4. The predicted octanol–water partition coefficient (Wildman–Crippen LogP) is 2.39. The average Bonchev–Trinajstić information content (AvgIpc) is 2.81. The summed E-state index contributed by atoms with van der Waals surface area (Å²) in [7, 11) is 0. The molecule has 1 aromatic heterocycles. The van der Waals surface area contributed by atoms with Gasteiger partial charge in [0.1, 0.15) is 12.7 Å². The van der Waals surface area contributed by atoms with Gasteiger partial charge < -0.3 is 0 Å². The van der Waals surface area contributed by atoms with Crippen molar-refractivity contribution in [1.82, 2.24) is 14.8 Å². The van der Waals surface area contributed by atoms with Crippen molar-refractivity contribution in [3.8, 4) is 0 Å². The minimum Gasteiger partial charge on any atom is -0.289 e. The van der Waals surface area contributed by atoms with Crippen molar-refractivity contribution in [3.05, 3.63) is 47.0 Å². The molecule has 16 heavy (non-hydrogen) atoms. The summed E-state index contributed by atoms with van der Waals surface area (Å²) in [5.41, 5.74) is 0.297. The molecule has 1 aromatic carbocycles. The highest BCUT2D eigenvalue weighted by Gasteiger charge is 2.21. The Morgan fingerprint density at radius 3 is 2.62 bits per heavy atom. The Kier molecular flexibility index (Phi) is 3.09. The third kappa shape index (κ3) is 2.16. The highest BCUT2D eigenvalue weighted by atomic mass is 79.9. The van der Waals surface area contributed by atoms with Crippen molar-refractivity contribution < 1.29 is 9.18 Å². The molecule has 2 rings (SSSR count). The van der Waals surface area contributed by atoms with Gasteiger partial charge in [0.15, 0.2) is 0 Å². The van der Waals surface area contributed by atoms with E-state index in [0.29, 0.717) is 5.56 Å². The largest absolute Gasteiger partial charge is 0.289 e. The van der Waals surface area contributed by atoms with Gasteiger partial charge in [-0.2, -0.15) is 5.10 Å². The molecule has 0 bridgehead atoms. The van der Waals surface area contributed by atoms with Crippen molar-refractivity contribution in [2.24, 2.45) is 0 Å². The van der Waals surface area contributed by atoms with Crippen molar-refractivity contribution in [2.75, 3.05) is 0 Å². The predicted molar refractivity (Wildman–Crippen MR) is 58.6 cm³/mol. The SMILES string of the molecule is O=C(c1ccc(Br)cc1)C(F)n1cncn1. The summed E-state index contributed by atoms with van der Waals surface area (Å²) in [6, 6.07) is 6.47. The number of hydrogen-bond donors (Lipinski definition) is 0. The van der Waals surface area contributed by atoms with Crippen LogP contribution in [0.25, 0.3) is 0 Å². The summed E-state index contributed by atoms with van der Waals surface area (Å²) in [5.74, 6) is -0.641. The second-order valence-electron chi connectivity index (χ2n) is 3.08. The van der Waals surface area contributed by atoms with Gasteiger partial charge in [-0.25, -0.2) is 14.1 Å².